The molecular weight excluding hydrogens is 330 g/mol. The second kappa shape index (κ2) is 7.28. The van der Waals surface area contributed by atoms with Gasteiger partial charge in [-0.05, 0) is 17.7 Å². The lowest BCUT2D eigenvalue weighted by Gasteiger charge is -2.30. The van der Waals surface area contributed by atoms with Crippen LogP contribution >= 0.6 is 0 Å². The number of amides is 1. The van der Waals surface area contributed by atoms with Crippen LogP contribution in [-0.2, 0) is 24.4 Å². The molecule has 0 radical (unpaired) electrons. The number of hydrogen-bond donors (Lipinski definition) is 0. The first-order valence-electron chi connectivity index (χ1n) is 8.87. The quantitative estimate of drug-likeness (QED) is 0.832. The predicted molar refractivity (Wildman–Crippen MR) is 94.2 cm³/mol. The SMILES string of the molecule is N#Cc1cccc(CN2CCn3c(C(=O)N4CCOCC4)cnc3C2)c1. The van der Waals surface area contributed by atoms with Gasteiger partial charge in [0.1, 0.15) is 11.5 Å². The van der Waals surface area contributed by atoms with Crippen LogP contribution in [0.3, 0.4) is 0 Å². The molecule has 1 aromatic carbocycles. The van der Waals surface area contributed by atoms with Crippen molar-refractivity contribution < 1.29 is 9.53 Å². The third-order valence-corrected chi connectivity index (χ3v) is 4.92. The van der Waals surface area contributed by atoms with Crippen LogP contribution in [0.15, 0.2) is 30.5 Å². The zero-order valence-corrected chi connectivity index (χ0v) is 14.6. The van der Waals surface area contributed by atoms with Gasteiger partial charge in [0.2, 0.25) is 0 Å². The lowest BCUT2D eigenvalue weighted by Crippen LogP contribution is -2.42. The van der Waals surface area contributed by atoms with Crippen molar-refractivity contribution in [2.24, 2.45) is 0 Å². The number of benzene rings is 1. The van der Waals surface area contributed by atoms with E-state index in [2.05, 4.69) is 16.0 Å². The maximum absolute atomic E-state index is 12.7. The molecule has 1 aromatic heterocycles. The summed E-state index contributed by atoms with van der Waals surface area (Å²) in [7, 11) is 0. The molecule has 0 spiro atoms. The lowest BCUT2D eigenvalue weighted by atomic mass is 10.1. The molecule has 0 unspecified atom stereocenters. The molecule has 2 aliphatic rings. The van der Waals surface area contributed by atoms with Crippen LogP contribution in [0.1, 0.15) is 27.4 Å². The van der Waals surface area contributed by atoms with Gasteiger partial charge in [-0.2, -0.15) is 5.26 Å². The fourth-order valence-corrected chi connectivity index (χ4v) is 3.54. The lowest BCUT2D eigenvalue weighted by molar-refractivity contribution is 0.0294. The predicted octanol–water partition coefficient (Wildman–Crippen LogP) is 1.24. The minimum absolute atomic E-state index is 0.0437. The van der Waals surface area contributed by atoms with E-state index in [1.807, 2.05) is 33.7 Å². The summed E-state index contributed by atoms with van der Waals surface area (Å²) in [5.41, 5.74) is 2.47. The molecule has 7 heteroatoms. The normalized spacial score (nSPS) is 17.6. The molecule has 1 saturated heterocycles. The van der Waals surface area contributed by atoms with Crippen molar-refractivity contribution in [3.63, 3.8) is 0 Å². The Balaban J connectivity index is 1.46. The largest absolute Gasteiger partial charge is 0.378 e. The van der Waals surface area contributed by atoms with Crippen molar-refractivity contribution >= 4 is 5.91 Å². The summed E-state index contributed by atoms with van der Waals surface area (Å²) in [4.78, 5) is 21.4. The number of carbonyl (C=O) groups excluding carboxylic acids is 1. The van der Waals surface area contributed by atoms with Crippen LogP contribution in [0, 0.1) is 11.3 Å². The Morgan fingerprint density at radius 3 is 2.88 bits per heavy atom. The first kappa shape index (κ1) is 16.8. The van der Waals surface area contributed by atoms with Gasteiger partial charge in [-0.25, -0.2) is 4.98 Å². The molecule has 134 valence electrons. The summed E-state index contributed by atoms with van der Waals surface area (Å²) < 4.78 is 7.37. The number of nitrogens with zero attached hydrogens (tertiary/aromatic N) is 5. The third kappa shape index (κ3) is 3.34. The highest BCUT2D eigenvalue weighted by molar-refractivity contribution is 5.92. The Kier molecular flexibility index (Phi) is 4.69. The van der Waals surface area contributed by atoms with Crippen molar-refractivity contribution in [2.45, 2.75) is 19.6 Å². The number of morpholine rings is 1. The van der Waals surface area contributed by atoms with E-state index in [-0.39, 0.29) is 5.91 Å². The van der Waals surface area contributed by atoms with Crippen molar-refractivity contribution in [3.8, 4) is 6.07 Å². The number of aromatic nitrogens is 2. The maximum atomic E-state index is 12.7. The Labute approximate surface area is 152 Å². The fourth-order valence-electron chi connectivity index (χ4n) is 3.54. The number of ether oxygens (including phenoxy) is 1. The smallest absolute Gasteiger partial charge is 0.272 e. The summed E-state index contributed by atoms with van der Waals surface area (Å²) in [6.45, 7) is 5.55. The van der Waals surface area contributed by atoms with Crippen molar-refractivity contribution in [3.05, 3.63) is 53.1 Å². The molecule has 0 aliphatic carbocycles. The van der Waals surface area contributed by atoms with E-state index in [0.717, 1.165) is 31.0 Å². The average Bonchev–Trinajstić information content (AvgIpc) is 3.11. The zero-order chi connectivity index (χ0) is 17.9. The van der Waals surface area contributed by atoms with Gasteiger partial charge >= 0.3 is 0 Å². The number of carbonyl (C=O) groups is 1. The standard InChI is InChI=1S/C19H21N5O2/c20-11-15-2-1-3-16(10-15)13-22-4-5-24-17(12-21-18(24)14-22)19(25)23-6-8-26-9-7-23/h1-3,10,12H,4-9,13-14H2. The number of fused-ring (bicyclic) bond motifs is 1. The number of rotatable bonds is 3. The Bertz CT molecular complexity index is 848. The summed E-state index contributed by atoms with van der Waals surface area (Å²) in [6, 6.07) is 9.87. The molecule has 7 nitrogen and oxygen atoms in total. The van der Waals surface area contributed by atoms with Gasteiger partial charge in [-0.1, -0.05) is 12.1 Å². The number of hydrogen-bond acceptors (Lipinski definition) is 5. The average molecular weight is 351 g/mol. The highest BCUT2D eigenvalue weighted by atomic mass is 16.5. The molecule has 0 bridgehead atoms. The van der Waals surface area contributed by atoms with Crippen LogP contribution in [0.4, 0.5) is 0 Å². The van der Waals surface area contributed by atoms with Crippen LogP contribution in [0.25, 0.3) is 0 Å². The summed E-state index contributed by atoms with van der Waals surface area (Å²) in [6.07, 6.45) is 1.70. The minimum atomic E-state index is 0.0437. The molecule has 2 aliphatic heterocycles. The maximum Gasteiger partial charge on any atom is 0.272 e. The van der Waals surface area contributed by atoms with Gasteiger partial charge in [0, 0.05) is 32.7 Å². The van der Waals surface area contributed by atoms with Crippen LogP contribution < -0.4 is 0 Å². The van der Waals surface area contributed by atoms with E-state index >= 15 is 0 Å². The molecular formula is C19H21N5O2. The van der Waals surface area contributed by atoms with Gasteiger partial charge in [-0.3, -0.25) is 9.69 Å². The highest BCUT2D eigenvalue weighted by Gasteiger charge is 2.26. The van der Waals surface area contributed by atoms with Gasteiger partial charge < -0.3 is 14.2 Å². The van der Waals surface area contributed by atoms with Crippen LogP contribution in [0.2, 0.25) is 0 Å². The summed E-state index contributed by atoms with van der Waals surface area (Å²) >= 11 is 0. The van der Waals surface area contributed by atoms with E-state index in [1.165, 1.54) is 0 Å². The molecule has 1 fully saturated rings. The first-order chi connectivity index (χ1) is 12.7. The van der Waals surface area contributed by atoms with Crippen molar-refractivity contribution in [1.29, 1.82) is 5.26 Å². The molecule has 4 rings (SSSR count). The van der Waals surface area contributed by atoms with Gasteiger partial charge in [-0.15, -0.1) is 0 Å². The zero-order valence-electron chi connectivity index (χ0n) is 14.6. The molecule has 0 saturated carbocycles. The van der Waals surface area contributed by atoms with Gasteiger partial charge in [0.15, 0.2) is 0 Å². The van der Waals surface area contributed by atoms with E-state index in [4.69, 9.17) is 10.00 Å². The highest BCUT2D eigenvalue weighted by Crippen LogP contribution is 2.18. The molecule has 26 heavy (non-hydrogen) atoms. The number of nitriles is 1. The van der Waals surface area contributed by atoms with Crippen LogP contribution in [-0.4, -0.2) is 58.1 Å². The van der Waals surface area contributed by atoms with E-state index in [9.17, 15) is 4.79 Å². The summed E-state index contributed by atoms with van der Waals surface area (Å²) in [5.74, 6) is 0.964. The van der Waals surface area contributed by atoms with Crippen molar-refractivity contribution in [1.82, 2.24) is 19.4 Å². The molecule has 0 N–H and O–H groups in total. The minimum Gasteiger partial charge on any atom is -0.378 e. The first-order valence-corrected chi connectivity index (χ1v) is 8.87. The van der Waals surface area contributed by atoms with Gasteiger partial charge in [0.05, 0.1) is 37.6 Å². The number of imidazole rings is 1. The Morgan fingerprint density at radius 1 is 1.23 bits per heavy atom. The third-order valence-electron chi connectivity index (χ3n) is 4.92. The van der Waals surface area contributed by atoms with E-state index < -0.39 is 0 Å². The Hall–Kier alpha value is -2.69. The fraction of sp³-hybridized carbons (Fsp3) is 0.421. The van der Waals surface area contributed by atoms with Crippen molar-refractivity contribution in [2.75, 3.05) is 32.8 Å². The van der Waals surface area contributed by atoms with Gasteiger partial charge in [0.25, 0.3) is 5.91 Å². The molecule has 3 heterocycles. The Morgan fingerprint density at radius 2 is 2.08 bits per heavy atom. The van der Waals surface area contributed by atoms with E-state index in [0.29, 0.717) is 44.1 Å². The van der Waals surface area contributed by atoms with E-state index in [1.54, 1.807) is 6.20 Å². The van der Waals surface area contributed by atoms with Crippen LogP contribution in [0.5, 0.6) is 0 Å². The second-order valence-corrected chi connectivity index (χ2v) is 6.64. The molecule has 1 amide bonds. The second-order valence-electron chi connectivity index (χ2n) is 6.64. The monoisotopic (exact) mass is 351 g/mol. The topological polar surface area (TPSA) is 74.4 Å². The summed E-state index contributed by atoms with van der Waals surface area (Å²) in [5, 5.41) is 9.04. The molecule has 0 atom stereocenters. The molecule has 2 aromatic rings.